The van der Waals surface area contributed by atoms with Crippen molar-refractivity contribution in [1.29, 1.82) is 0 Å². The zero-order chi connectivity index (χ0) is 18.8. The molecule has 0 saturated heterocycles. The summed E-state index contributed by atoms with van der Waals surface area (Å²) in [6.07, 6.45) is 0. The molecule has 1 unspecified atom stereocenters. The van der Waals surface area contributed by atoms with E-state index in [2.05, 4.69) is 72.8 Å². The molecule has 2 aromatic carbocycles. The number of benzene rings is 2. The SMILES string of the molecule is CN=C(NCc1cccc(COCc2ccccc2)c1)NC(C)C(C)C.I. The fraction of sp³-hybridized carbons (Fsp3) is 0.409. The van der Waals surface area contributed by atoms with Gasteiger partial charge >= 0.3 is 0 Å². The lowest BCUT2D eigenvalue weighted by Crippen LogP contribution is -2.43. The summed E-state index contributed by atoms with van der Waals surface area (Å²) in [6, 6.07) is 19.1. The minimum Gasteiger partial charge on any atom is -0.372 e. The number of ether oxygens (including phenoxy) is 1. The minimum absolute atomic E-state index is 0. The first-order chi connectivity index (χ1) is 12.6. The van der Waals surface area contributed by atoms with E-state index in [0.29, 0.717) is 25.2 Å². The van der Waals surface area contributed by atoms with Gasteiger partial charge in [0.05, 0.1) is 13.2 Å². The predicted octanol–water partition coefficient (Wildman–Crippen LogP) is 4.73. The summed E-state index contributed by atoms with van der Waals surface area (Å²) in [5.74, 6) is 1.38. The number of nitrogens with one attached hydrogen (secondary N) is 2. The molecule has 0 fully saturated rings. The van der Waals surface area contributed by atoms with Crippen LogP contribution in [0.4, 0.5) is 0 Å². The molecule has 2 aromatic rings. The molecule has 27 heavy (non-hydrogen) atoms. The second-order valence-corrected chi connectivity index (χ2v) is 6.90. The second kappa shape index (κ2) is 12.7. The van der Waals surface area contributed by atoms with Crippen molar-refractivity contribution < 1.29 is 4.74 Å². The van der Waals surface area contributed by atoms with Crippen LogP contribution in [0, 0.1) is 5.92 Å². The van der Waals surface area contributed by atoms with Crippen LogP contribution in [0.15, 0.2) is 59.6 Å². The summed E-state index contributed by atoms with van der Waals surface area (Å²) >= 11 is 0. The van der Waals surface area contributed by atoms with E-state index in [1.165, 1.54) is 16.7 Å². The maximum absolute atomic E-state index is 5.83. The van der Waals surface area contributed by atoms with Gasteiger partial charge in [-0.15, -0.1) is 24.0 Å². The van der Waals surface area contributed by atoms with Gasteiger partial charge in [0.15, 0.2) is 5.96 Å². The molecule has 5 heteroatoms. The lowest BCUT2D eigenvalue weighted by Gasteiger charge is -2.20. The van der Waals surface area contributed by atoms with E-state index in [9.17, 15) is 0 Å². The smallest absolute Gasteiger partial charge is 0.191 e. The fourth-order valence-corrected chi connectivity index (χ4v) is 2.45. The molecule has 148 valence electrons. The molecule has 0 aliphatic heterocycles. The number of guanidine groups is 1. The molecule has 2 rings (SSSR count). The Morgan fingerprint density at radius 2 is 1.56 bits per heavy atom. The standard InChI is InChI=1S/C22H31N3O.HI/c1-17(2)18(3)25-22(23-4)24-14-20-11-8-12-21(13-20)16-26-15-19-9-6-5-7-10-19;/h5-13,17-18H,14-16H2,1-4H3,(H2,23,24,25);1H. The van der Waals surface area contributed by atoms with Crippen LogP contribution in [0.3, 0.4) is 0 Å². The van der Waals surface area contributed by atoms with Crippen molar-refractivity contribution in [3.63, 3.8) is 0 Å². The van der Waals surface area contributed by atoms with Gasteiger partial charge in [0.2, 0.25) is 0 Å². The van der Waals surface area contributed by atoms with Crippen molar-refractivity contribution in [2.75, 3.05) is 7.05 Å². The zero-order valence-corrected chi connectivity index (χ0v) is 19.1. The first-order valence-corrected chi connectivity index (χ1v) is 9.25. The van der Waals surface area contributed by atoms with Crippen molar-refractivity contribution >= 4 is 29.9 Å². The highest BCUT2D eigenvalue weighted by molar-refractivity contribution is 14.0. The summed E-state index contributed by atoms with van der Waals surface area (Å²) in [5.41, 5.74) is 3.59. The number of aliphatic imine (C=N–C) groups is 1. The third kappa shape index (κ3) is 8.75. The molecule has 2 N–H and O–H groups in total. The predicted molar refractivity (Wildman–Crippen MR) is 124 cm³/mol. The molecule has 0 spiro atoms. The van der Waals surface area contributed by atoms with E-state index in [1.807, 2.05) is 18.2 Å². The third-order valence-corrected chi connectivity index (χ3v) is 4.42. The average molecular weight is 481 g/mol. The Hall–Kier alpha value is -1.60. The van der Waals surface area contributed by atoms with Crippen LogP contribution in [-0.2, 0) is 24.5 Å². The molecule has 0 amide bonds. The van der Waals surface area contributed by atoms with Crippen molar-refractivity contribution in [1.82, 2.24) is 10.6 Å². The Balaban J connectivity index is 0.00000364. The number of halogens is 1. The van der Waals surface area contributed by atoms with Gasteiger partial charge in [-0.05, 0) is 29.5 Å². The Bertz CT molecular complexity index is 689. The summed E-state index contributed by atoms with van der Waals surface area (Å²) in [7, 11) is 1.80. The first kappa shape index (κ1) is 23.4. The van der Waals surface area contributed by atoms with Gasteiger partial charge in [-0.3, -0.25) is 4.99 Å². The largest absolute Gasteiger partial charge is 0.372 e. The highest BCUT2D eigenvalue weighted by atomic mass is 127. The van der Waals surface area contributed by atoms with E-state index in [-0.39, 0.29) is 24.0 Å². The molecule has 0 aliphatic carbocycles. The molecule has 0 aromatic heterocycles. The summed E-state index contributed by atoms with van der Waals surface area (Å²) in [4.78, 5) is 4.30. The molecule has 0 radical (unpaired) electrons. The lowest BCUT2D eigenvalue weighted by molar-refractivity contribution is 0.107. The van der Waals surface area contributed by atoms with Gasteiger partial charge in [0.25, 0.3) is 0 Å². The highest BCUT2D eigenvalue weighted by Crippen LogP contribution is 2.09. The summed E-state index contributed by atoms with van der Waals surface area (Å²) in [5, 5.41) is 6.80. The van der Waals surface area contributed by atoms with Crippen LogP contribution in [0.1, 0.15) is 37.5 Å². The van der Waals surface area contributed by atoms with Gasteiger partial charge < -0.3 is 15.4 Å². The van der Waals surface area contributed by atoms with Crippen LogP contribution < -0.4 is 10.6 Å². The molecular formula is C22H32IN3O. The van der Waals surface area contributed by atoms with Crippen LogP contribution in [0.5, 0.6) is 0 Å². The molecule has 1 atom stereocenters. The van der Waals surface area contributed by atoms with Crippen LogP contribution in [0.2, 0.25) is 0 Å². The van der Waals surface area contributed by atoms with Gasteiger partial charge in [-0.2, -0.15) is 0 Å². The summed E-state index contributed by atoms with van der Waals surface area (Å²) in [6.45, 7) is 8.54. The topological polar surface area (TPSA) is 45.7 Å². The van der Waals surface area contributed by atoms with Crippen LogP contribution in [0.25, 0.3) is 0 Å². The van der Waals surface area contributed by atoms with Gasteiger partial charge in [0.1, 0.15) is 0 Å². The Kier molecular flexibility index (Phi) is 11.0. The van der Waals surface area contributed by atoms with Crippen LogP contribution >= 0.6 is 24.0 Å². The first-order valence-electron chi connectivity index (χ1n) is 9.25. The Morgan fingerprint density at radius 3 is 2.22 bits per heavy atom. The molecule has 0 aliphatic rings. The number of hydrogen-bond donors (Lipinski definition) is 2. The minimum atomic E-state index is 0. The lowest BCUT2D eigenvalue weighted by atomic mass is 10.1. The van der Waals surface area contributed by atoms with E-state index < -0.39 is 0 Å². The Labute approximate surface area is 180 Å². The third-order valence-electron chi connectivity index (χ3n) is 4.42. The number of nitrogens with zero attached hydrogens (tertiary/aromatic N) is 1. The van der Waals surface area contributed by atoms with Crippen molar-refractivity contribution in [2.24, 2.45) is 10.9 Å². The van der Waals surface area contributed by atoms with Crippen molar-refractivity contribution in [3.05, 3.63) is 71.3 Å². The van der Waals surface area contributed by atoms with Gasteiger partial charge in [-0.1, -0.05) is 68.4 Å². The molecule has 0 saturated carbocycles. The molecule has 0 bridgehead atoms. The van der Waals surface area contributed by atoms with Crippen molar-refractivity contribution in [3.8, 4) is 0 Å². The van der Waals surface area contributed by atoms with E-state index in [0.717, 1.165) is 12.5 Å². The van der Waals surface area contributed by atoms with Crippen LogP contribution in [-0.4, -0.2) is 19.0 Å². The maximum Gasteiger partial charge on any atom is 0.191 e. The zero-order valence-electron chi connectivity index (χ0n) is 16.7. The monoisotopic (exact) mass is 481 g/mol. The fourth-order valence-electron chi connectivity index (χ4n) is 2.45. The Morgan fingerprint density at radius 1 is 0.926 bits per heavy atom. The number of rotatable bonds is 8. The van der Waals surface area contributed by atoms with E-state index in [4.69, 9.17) is 4.74 Å². The maximum atomic E-state index is 5.83. The second-order valence-electron chi connectivity index (χ2n) is 6.90. The van der Waals surface area contributed by atoms with E-state index in [1.54, 1.807) is 7.05 Å². The van der Waals surface area contributed by atoms with E-state index >= 15 is 0 Å². The molecule has 0 heterocycles. The van der Waals surface area contributed by atoms with Gasteiger partial charge in [0, 0.05) is 19.6 Å². The quantitative estimate of drug-likeness (QED) is 0.326. The molecular weight excluding hydrogens is 449 g/mol. The van der Waals surface area contributed by atoms with Gasteiger partial charge in [-0.25, -0.2) is 0 Å². The number of hydrogen-bond acceptors (Lipinski definition) is 2. The average Bonchev–Trinajstić information content (AvgIpc) is 2.66. The highest BCUT2D eigenvalue weighted by Gasteiger charge is 2.08. The molecule has 4 nitrogen and oxygen atoms in total. The summed E-state index contributed by atoms with van der Waals surface area (Å²) < 4.78 is 5.83. The van der Waals surface area contributed by atoms with Crippen molar-refractivity contribution in [2.45, 2.75) is 46.6 Å². The normalized spacial score (nSPS) is 12.4.